The second kappa shape index (κ2) is 10.7. The molecule has 2 heterocycles. The molecule has 3 aromatic rings. The number of aliphatic hydroxyl groups is 1. The van der Waals surface area contributed by atoms with Crippen LogP contribution in [0.3, 0.4) is 0 Å². The monoisotopic (exact) mass is 457 g/mol. The first-order valence-electron chi connectivity index (χ1n) is 11.8. The Balaban J connectivity index is 1.30. The number of pyridine rings is 2. The van der Waals surface area contributed by atoms with Gasteiger partial charge in [-0.3, -0.25) is 19.6 Å². The lowest BCUT2D eigenvalue weighted by Crippen LogP contribution is -2.26. The molecule has 1 fully saturated rings. The number of ketones is 1. The Morgan fingerprint density at radius 1 is 1.06 bits per heavy atom. The van der Waals surface area contributed by atoms with Gasteiger partial charge in [0.1, 0.15) is 5.69 Å². The molecule has 0 radical (unpaired) electrons. The standard InChI is InChI=1S/C28H31N3O3/c1-19(32)26-12-11-25(17-30-26)27(33)24-10-7-21(15-24)14-20-5-8-23(9-6-20)28(34)31(2)18-22-4-3-13-29-16-22/h3-6,8-9,11-13,16-17,21,24,27,33H,7,10,14-15,18H2,1-2H3/t21?,24-,27-/m0/s1. The summed E-state index contributed by atoms with van der Waals surface area (Å²) in [4.78, 5) is 34.2. The van der Waals surface area contributed by atoms with Crippen LogP contribution < -0.4 is 0 Å². The summed E-state index contributed by atoms with van der Waals surface area (Å²) in [5.41, 5.74) is 4.08. The highest BCUT2D eigenvalue weighted by Crippen LogP contribution is 2.40. The van der Waals surface area contributed by atoms with Crippen LogP contribution in [-0.4, -0.2) is 38.7 Å². The molecule has 2 aromatic heterocycles. The van der Waals surface area contributed by atoms with Crippen molar-refractivity contribution >= 4 is 11.7 Å². The number of nitrogens with zero attached hydrogens (tertiary/aromatic N) is 3. The number of hydrogen-bond donors (Lipinski definition) is 1. The van der Waals surface area contributed by atoms with Gasteiger partial charge in [-0.15, -0.1) is 0 Å². The van der Waals surface area contributed by atoms with E-state index >= 15 is 0 Å². The molecule has 0 saturated heterocycles. The summed E-state index contributed by atoms with van der Waals surface area (Å²) in [6.45, 7) is 2.01. The fraction of sp³-hybridized carbons (Fsp3) is 0.357. The summed E-state index contributed by atoms with van der Waals surface area (Å²) in [6, 6.07) is 15.2. The highest BCUT2D eigenvalue weighted by Gasteiger charge is 2.31. The molecule has 1 N–H and O–H groups in total. The molecule has 6 heteroatoms. The van der Waals surface area contributed by atoms with Gasteiger partial charge in [0.05, 0.1) is 6.10 Å². The fourth-order valence-corrected chi connectivity index (χ4v) is 4.82. The summed E-state index contributed by atoms with van der Waals surface area (Å²) in [5.74, 6) is 0.606. The van der Waals surface area contributed by atoms with Crippen LogP contribution in [0.2, 0.25) is 0 Å². The van der Waals surface area contributed by atoms with E-state index in [4.69, 9.17) is 0 Å². The summed E-state index contributed by atoms with van der Waals surface area (Å²) in [7, 11) is 1.80. The van der Waals surface area contributed by atoms with Gasteiger partial charge in [-0.05, 0) is 78.5 Å². The van der Waals surface area contributed by atoms with E-state index in [0.29, 0.717) is 23.7 Å². The van der Waals surface area contributed by atoms with Gasteiger partial charge in [-0.25, -0.2) is 0 Å². The predicted octanol–water partition coefficient (Wildman–Crippen LogP) is 4.64. The van der Waals surface area contributed by atoms with Crippen molar-refractivity contribution in [1.29, 1.82) is 0 Å². The molecular weight excluding hydrogens is 426 g/mol. The topological polar surface area (TPSA) is 83.4 Å². The average molecular weight is 458 g/mol. The van der Waals surface area contributed by atoms with Gasteiger partial charge in [0.2, 0.25) is 0 Å². The molecular formula is C28H31N3O3. The lowest BCUT2D eigenvalue weighted by atomic mass is 9.92. The van der Waals surface area contributed by atoms with Crippen molar-refractivity contribution in [2.24, 2.45) is 11.8 Å². The Labute approximate surface area is 200 Å². The molecule has 4 rings (SSSR count). The van der Waals surface area contributed by atoms with Crippen LogP contribution in [0, 0.1) is 11.8 Å². The third-order valence-corrected chi connectivity index (χ3v) is 6.73. The van der Waals surface area contributed by atoms with E-state index in [1.165, 1.54) is 12.5 Å². The van der Waals surface area contributed by atoms with Crippen molar-refractivity contribution in [2.75, 3.05) is 7.05 Å². The smallest absolute Gasteiger partial charge is 0.253 e. The number of amides is 1. The summed E-state index contributed by atoms with van der Waals surface area (Å²) >= 11 is 0. The zero-order valence-corrected chi connectivity index (χ0v) is 19.7. The molecule has 1 aliphatic carbocycles. The minimum atomic E-state index is -0.561. The van der Waals surface area contributed by atoms with E-state index in [0.717, 1.165) is 36.8 Å². The number of benzene rings is 1. The number of carbonyl (C=O) groups is 2. The molecule has 0 spiro atoms. The average Bonchev–Trinajstić information content (AvgIpc) is 3.32. The number of aromatic nitrogens is 2. The molecule has 0 bridgehead atoms. The molecule has 1 aromatic carbocycles. The first-order valence-corrected chi connectivity index (χ1v) is 11.8. The zero-order valence-electron chi connectivity index (χ0n) is 19.7. The predicted molar refractivity (Wildman–Crippen MR) is 130 cm³/mol. The van der Waals surface area contributed by atoms with Crippen molar-refractivity contribution in [2.45, 2.75) is 45.3 Å². The molecule has 1 amide bonds. The molecule has 3 atom stereocenters. The van der Waals surface area contributed by atoms with Gasteiger partial charge in [0.25, 0.3) is 5.91 Å². The summed E-state index contributed by atoms with van der Waals surface area (Å²) in [5, 5.41) is 10.8. The van der Waals surface area contributed by atoms with E-state index in [9.17, 15) is 14.7 Å². The fourth-order valence-electron chi connectivity index (χ4n) is 4.82. The molecule has 34 heavy (non-hydrogen) atoms. The highest BCUT2D eigenvalue weighted by molar-refractivity contribution is 5.94. The third kappa shape index (κ3) is 5.75. The Bertz CT molecular complexity index is 1110. The van der Waals surface area contributed by atoms with Crippen molar-refractivity contribution < 1.29 is 14.7 Å². The van der Waals surface area contributed by atoms with Crippen LogP contribution in [0.15, 0.2) is 67.1 Å². The third-order valence-electron chi connectivity index (χ3n) is 6.73. The lowest BCUT2D eigenvalue weighted by Gasteiger charge is -2.19. The van der Waals surface area contributed by atoms with Crippen LogP contribution in [-0.2, 0) is 13.0 Å². The van der Waals surface area contributed by atoms with Gasteiger partial charge in [-0.2, -0.15) is 0 Å². The minimum Gasteiger partial charge on any atom is -0.388 e. The van der Waals surface area contributed by atoms with Crippen molar-refractivity contribution in [3.63, 3.8) is 0 Å². The van der Waals surface area contributed by atoms with E-state index in [-0.39, 0.29) is 17.6 Å². The first kappa shape index (κ1) is 23.8. The molecule has 1 aliphatic rings. The van der Waals surface area contributed by atoms with Crippen LogP contribution in [0.4, 0.5) is 0 Å². The number of rotatable bonds is 8. The van der Waals surface area contributed by atoms with Crippen LogP contribution in [0.1, 0.15) is 69.8 Å². The largest absolute Gasteiger partial charge is 0.388 e. The second-order valence-corrected chi connectivity index (χ2v) is 9.34. The molecule has 6 nitrogen and oxygen atoms in total. The quantitative estimate of drug-likeness (QED) is 0.498. The maximum atomic E-state index is 12.8. The first-order chi connectivity index (χ1) is 16.4. The van der Waals surface area contributed by atoms with Crippen molar-refractivity contribution in [1.82, 2.24) is 14.9 Å². The number of Topliss-reactive ketones (excluding diaryl/α,β-unsaturated/α-hetero) is 1. The molecule has 176 valence electrons. The maximum absolute atomic E-state index is 12.8. The Kier molecular flexibility index (Phi) is 7.48. The lowest BCUT2D eigenvalue weighted by molar-refractivity contribution is 0.0784. The molecule has 1 unspecified atom stereocenters. The molecule has 0 aliphatic heterocycles. The normalized spacial score (nSPS) is 18.4. The SMILES string of the molecule is CC(=O)c1ccc([C@@H](O)[C@H]2CCC(Cc3ccc(C(=O)N(C)Cc4cccnc4)cc3)C2)cn1. The van der Waals surface area contributed by atoms with Gasteiger partial charge in [0, 0.05) is 44.7 Å². The van der Waals surface area contributed by atoms with E-state index < -0.39 is 6.10 Å². The maximum Gasteiger partial charge on any atom is 0.253 e. The zero-order chi connectivity index (χ0) is 24.1. The van der Waals surface area contributed by atoms with Gasteiger partial charge < -0.3 is 10.0 Å². The van der Waals surface area contributed by atoms with Gasteiger partial charge in [0.15, 0.2) is 5.78 Å². The van der Waals surface area contributed by atoms with E-state index in [1.54, 1.807) is 36.6 Å². The van der Waals surface area contributed by atoms with Crippen LogP contribution >= 0.6 is 0 Å². The van der Waals surface area contributed by atoms with Crippen molar-refractivity contribution in [3.05, 3.63) is 95.1 Å². The number of aliphatic hydroxyl groups excluding tert-OH is 1. The van der Waals surface area contributed by atoms with E-state index in [2.05, 4.69) is 9.97 Å². The Morgan fingerprint density at radius 2 is 1.85 bits per heavy atom. The number of carbonyl (C=O) groups excluding carboxylic acids is 2. The van der Waals surface area contributed by atoms with Crippen LogP contribution in [0.25, 0.3) is 0 Å². The summed E-state index contributed by atoms with van der Waals surface area (Å²) < 4.78 is 0. The van der Waals surface area contributed by atoms with Gasteiger partial charge >= 0.3 is 0 Å². The highest BCUT2D eigenvalue weighted by atomic mass is 16.3. The molecule has 1 saturated carbocycles. The summed E-state index contributed by atoms with van der Waals surface area (Å²) in [6.07, 6.45) is 8.47. The Morgan fingerprint density at radius 3 is 2.50 bits per heavy atom. The number of hydrogen-bond acceptors (Lipinski definition) is 5. The van der Waals surface area contributed by atoms with E-state index in [1.807, 2.05) is 42.5 Å². The minimum absolute atomic E-state index is 0.0103. The Hall–Kier alpha value is -3.38. The van der Waals surface area contributed by atoms with Crippen molar-refractivity contribution in [3.8, 4) is 0 Å². The second-order valence-electron chi connectivity index (χ2n) is 9.34. The van der Waals surface area contributed by atoms with Gasteiger partial charge in [-0.1, -0.05) is 24.3 Å². The van der Waals surface area contributed by atoms with Crippen LogP contribution in [0.5, 0.6) is 0 Å².